The van der Waals surface area contributed by atoms with E-state index in [2.05, 4.69) is 32.8 Å². The van der Waals surface area contributed by atoms with Gasteiger partial charge in [0.05, 0.1) is 11.4 Å². The molecule has 1 rings (SSSR count). The molecule has 3 nitrogen and oxygen atoms in total. The minimum absolute atomic E-state index is 0.174. The highest BCUT2D eigenvalue weighted by atomic mass is 32.2. The fraction of sp³-hybridized carbons (Fsp3) is 0.700. The molecule has 0 aliphatic carbocycles. The van der Waals surface area contributed by atoms with Crippen molar-refractivity contribution in [2.45, 2.75) is 43.9 Å². The summed E-state index contributed by atoms with van der Waals surface area (Å²) in [7, 11) is 1.95. The number of hydrogen-bond donors (Lipinski definition) is 1. The maximum absolute atomic E-state index is 6.02. The van der Waals surface area contributed by atoms with E-state index in [-0.39, 0.29) is 4.75 Å². The number of rotatable bonds is 2. The Bertz CT molecular complexity index is 323. The lowest BCUT2D eigenvalue weighted by molar-refractivity contribution is 0.680. The second-order valence-electron chi connectivity index (χ2n) is 4.36. The third-order valence-corrected chi connectivity index (χ3v) is 3.13. The molecule has 1 aromatic heterocycles. The number of nitrogens with zero attached hydrogens (tertiary/aromatic N) is 2. The Morgan fingerprint density at radius 1 is 1.43 bits per heavy atom. The number of nitrogen functional groups attached to an aromatic ring is 1. The van der Waals surface area contributed by atoms with Crippen LogP contribution in [-0.2, 0) is 13.5 Å². The maximum Gasteiger partial charge on any atom is 0.117 e. The standard InChI is InChI=1S/C10H19N3S/c1-6-7-8(11)9(13(5)12-7)14-10(2,3)4/h6,11H2,1-5H3. The van der Waals surface area contributed by atoms with Gasteiger partial charge >= 0.3 is 0 Å². The molecule has 0 bridgehead atoms. The summed E-state index contributed by atoms with van der Waals surface area (Å²) in [5, 5.41) is 5.46. The summed E-state index contributed by atoms with van der Waals surface area (Å²) in [4.78, 5) is 0. The van der Waals surface area contributed by atoms with Gasteiger partial charge in [-0.3, -0.25) is 4.68 Å². The van der Waals surface area contributed by atoms with Gasteiger partial charge in [-0.25, -0.2) is 0 Å². The second kappa shape index (κ2) is 3.85. The first-order chi connectivity index (χ1) is 6.35. The van der Waals surface area contributed by atoms with E-state index in [1.165, 1.54) is 0 Å². The third kappa shape index (κ3) is 2.44. The Balaban J connectivity index is 3.03. The zero-order valence-corrected chi connectivity index (χ0v) is 10.4. The lowest BCUT2D eigenvalue weighted by atomic mass is 10.3. The minimum Gasteiger partial charge on any atom is -0.395 e. The average molecular weight is 213 g/mol. The van der Waals surface area contributed by atoms with E-state index in [9.17, 15) is 0 Å². The van der Waals surface area contributed by atoms with Crippen molar-refractivity contribution in [1.29, 1.82) is 0 Å². The van der Waals surface area contributed by atoms with Gasteiger partial charge < -0.3 is 5.73 Å². The van der Waals surface area contributed by atoms with Crippen molar-refractivity contribution in [3.8, 4) is 0 Å². The molecule has 0 radical (unpaired) electrons. The molecule has 0 spiro atoms. The van der Waals surface area contributed by atoms with Crippen molar-refractivity contribution in [1.82, 2.24) is 9.78 Å². The largest absolute Gasteiger partial charge is 0.395 e. The highest BCUT2D eigenvalue weighted by Crippen LogP contribution is 2.36. The molecule has 0 aromatic carbocycles. The van der Waals surface area contributed by atoms with E-state index in [0.29, 0.717) is 0 Å². The van der Waals surface area contributed by atoms with Crippen molar-refractivity contribution in [3.05, 3.63) is 5.69 Å². The molecule has 0 aliphatic heterocycles. The molecule has 0 unspecified atom stereocenters. The van der Waals surface area contributed by atoms with Gasteiger partial charge in [0.1, 0.15) is 5.03 Å². The summed E-state index contributed by atoms with van der Waals surface area (Å²) in [6.45, 7) is 8.60. The van der Waals surface area contributed by atoms with Crippen LogP contribution in [0.4, 0.5) is 5.69 Å². The molecule has 1 heterocycles. The van der Waals surface area contributed by atoms with Gasteiger partial charge in [0, 0.05) is 11.8 Å². The van der Waals surface area contributed by atoms with E-state index >= 15 is 0 Å². The monoisotopic (exact) mass is 213 g/mol. The molecule has 2 N–H and O–H groups in total. The normalized spacial score (nSPS) is 12.1. The first-order valence-electron chi connectivity index (χ1n) is 4.85. The Morgan fingerprint density at radius 2 is 2.00 bits per heavy atom. The van der Waals surface area contributed by atoms with Gasteiger partial charge in [-0.15, -0.1) is 0 Å². The van der Waals surface area contributed by atoms with Crippen LogP contribution in [0.5, 0.6) is 0 Å². The minimum atomic E-state index is 0.174. The number of aromatic nitrogens is 2. The second-order valence-corrected chi connectivity index (χ2v) is 6.17. The van der Waals surface area contributed by atoms with Crippen molar-refractivity contribution >= 4 is 17.4 Å². The molecule has 0 fully saturated rings. The highest BCUT2D eigenvalue weighted by molar-refractivity contribution is 8.00. The van der Waals surface area contributed by atoms with Crippen molar-refractivity contribution in [2.75, 3.05) is 5.73 Å². The van der Waals surface area contributed by atoms with Gasteiger partial charge in [0.2, 0.25) is 0 Å². The molecule has 0 aliphatic rings. The van der Waals surface area contributed by atoms with Gasteiger partial charge in [0.25, 0.3) is 0 Å². The molecule has 0 amide bonds. The first-order valence-corrected chi connectivity index (χ1v) is 5.67. The summed E-state index contributed by atoms with van der Waals surface area (Å²) in [6.07, 6.45) is 0.893. The van der Waals surface area contributed by atoms with Crippen molar-refractivity contribution in [3.63, 3.8) is 0 Å². The van der Waals surface area contributed by atoms with Crippen LogP contribution in [-0.4, -0.2) is 14.5 Å². The predicted molar refractivity (Wildman–Crippen MR) is 62.6 cm³/mol. The number of thioether (sulfide) groups is 1. The van der Waals surface area contributed by atoms with Gasteiger partial charge in [0.15, 0.2) is 0 Å². The number of hydrogen-bond acceptors (Lipinski definition) is 3. The highest BCUT2D eigenvalue weighted by Gasteiger charge is 2.19. The summed E-state index contributed by atoms with van der Waals surface area (Å²) in [5.41, 5.74) is 7.86. The third-order valence-electron chi connectivity index (χ3n) is 1.84. The molecule has 0 saturated carbocycles. The first kappa shape index (κ1) is 11.4. The van der Waals surface area contributed by atoms with E-state index in [1.807, 2.05) is 11.7 Å². The predicted octanol–water partition coefficient (Wildman–Crippen LogP) is 2.46. The summed E-state index contributed by atoms with van der Waals surface area (Å²) in [5.74, 6) is 0. The average Bonchev–Trinajstić information content (AvgIpc) is 2.29. The lowest BCUT2D eigenvalue weighted by Gasteiger charge is -2.17. The lowest BCUT2D eigenvalue weighted by Crippen LogP contribution is -2.09. The molecular formula is C10H19N3S. The zero-order chi connectivity index (χ0) is 10.9. The van der Waals surface area contributed by atoms with Crippen LogP contribution >= 0.6 is 11.8 Å². The van der Waals surface area contributed by atoms with Crippen LogP contribution in [0.25, 0.3) is 0 Å². The van der Waals surface area contributed by atoms with Gasteiger partial charge in [-0.1, -0.05) is 39.5 Å². The fourth-order valence-electron chi connectivity index (χ4n) is 1.25. The molecule has 1 aromatic rings. The summed E-state index contributed by atoms with van der Waals surface area (Å²) in [6, 6.07) is 0. The van der Waals surface area contributed by atoms with E-state index < -0.39 is 0 Å². The van der Waals surface area contributed by atoms with Crippen LogP contribution in [0.3, 0.4) is 0 Å². The number of anilines is 1. The molecular weight excluding hydrogens is 194 g/mol. The van der Waals surface area contributed by atoms with Crippen LogP contribution < -0.4 is 5.73 Å². The fourth-order valence-corrected chi connectivity index (χ4v) is 2.23. The molecule has 14 heavy (non-hydrogen) atoms. The smallest absolute Gasteiger partial charge is 0.117 e. The Labute approximate surface area is 90.1 Å². The van der Waals surface area contributed by atoms with E-state index in [4.69, 9.17) is 5.73 Å². The van der Waals surface area contributed by atoms with Gasteiger partial charge in [-0.2, -0.15) is 5.10 Å². The van der Waals surface area contributed by atoms with Crippen LogP contribution in [0.15, 0.2) is 5.03 Å². The Kier molecular flexibility index (Phi) is 3.14. The molecule has 4 heteroatoms. The van der Waals surface area contributed by atoms with E-state index in [0.717, 1.165) is 22.8 Å². The summed E-state index contributed by atoms with van der Waals surface area (Å²) >= 11 is 1.77. The van der Waals surface area contributed by atoms with Crippen LogP contribution in [0, 0.1) is 0 Å². The topological polar surface area (TPSA) is 43.8 Å². The Morgan fingerprint density at radius 3 is 2.36 bits per heavy atom. The van der Waals surface area contributed by atoms with Crippen molar-refractivity contribution in [2.24, 2.45) is 7.05 Å². The van der Waals surface area contributed by atoms with Crippen LogP contribution in [0.1, 0.15) is 33.4 Å². The summed E-state index contributed by atoms with van der Waals surface area (Å²) < 4.78 is 2.05. The van der Waals surface area contributed by atoms with Gasteiger partial charge in [-0.05, 0) is 6.42 Å². The number of nitrogens with two attached hydrogens (primary N) is 1. The quantitative estimate of drug-likeness (QED) is 0.767. The zero-order valence-electron chi connectivity index (χ0n) is 9.59. The molecule has 0 atom stereocenters. The maximum atomic E-state index is 6.02. The van der Waals surface area contributed by atoms with Crippen molar-refractivity contribution < 1.29 is 0 Å². The number of aryl methyl sites for hydroxylation is 2. The van der Waals surface area contributed by atoms with E-state index in [1.54, 1.807) is 11.8 Å². The van der Waals surface area contributed by atoms with Crippen LogP contribution in [0.2, 0.25) is 0 Å². The Hall–Kier alpha value is -0.640. The molecule has 80 valence electrons. The SMILES string of the molecule is CCc1nn(C)c(SC(C)(C)C)c1N. The molecule has 0 saturated heterocycles.